The molecule has 2 unspecified atom stereocenters. The summed E-state index contributed by atoms with van der Waals surface area (Å²) < 4.78 is 4.45. The minimum Gasteiger partial charge on any atom is -0.348 e. The molecule has 134 valence electrons. The highest BCUT2D eigenvalue weighted by molar-refractivity contribution is 7.08. The largest absolute Gasteiger partial charge is 0.348 e. The van der Waals surface area contributed by atoms with Crippen molar-refractivity contribution in [2.24, 2.45) is 17.6 Å². The number of nitrogens with two attached hydrogens (primary N) is 1. The summed E-state index contributed by atoms with van der Waals surface area (Å²) in [5, 5.41) is 3.30. The van der Waals surface area contributed by atoms with Gasteiger partial charge in [-0.3, -0.25) is 4.79 Å². The highest BCUT2D eigenvalue weighted by Crippen LogP contribution is 2.39. The van der Waals surface area contributed by atoms with Crippen LogP contribution in [0.25, 0.3) is 11.3 Å². The number of nitrogens with one attached hydrogen (secondary N) is 1. The molecule has 2 bridgehead atoms. The molecule has 1 amide bonds. The molecule has 6 heteroatoms. The Kier molecular flexibility index (Phi) is 5.77. The Morgan fingerprint density at radius 3 is 2.52 bits per heavy atom. The first-order chi connectivity index (χ1) is 11.7. The number of nitrogens with zero attached hydrogens (tertiary/aromatic N) is 1. The Morgan fingerprint density at radius 2 is 1.84 bits per heavy atom. The number of halogens is 1. The molecule has 0 saturated heterocycles. The van der Waals surface area contributed by atoms with Crippen LogP contribution in [0.3, 0.4) is 0 Å². The van der Waals surface area contributed by atoms with Gasteiger partial charge in [-0.1, -0.05) is 36.8 Å². The summed E-state index contributed by atoms with van der Waals surface area (Å²) in [6.45, 7) is 0. The van der Waals surface area contributed by atoms with Gasteiger partial charge in [-0.15, -0.1) is 12.4 Å². The van der Waals surface area contributed by atoms with Crippen LogP contribution in [0.2, 0.25) is 0 Å². The molecule has 2 aliphatic carbocycles. The Bertz CT molecular complexity index is 706. The minimum atomic E-state index is 0. The number of carbonyl (C=O) groups excluding carboxylic acids is 1. The lowest BCUT2D eigenvalue weighted by molar-refractivity contribution is 0.0759. The van der Waals surface area contributed by atoms with Crippen molar-refractivity contribution in [3.8, 4) is 11.3 Å². The fourth-order valence-electron chi connectivity index (χ4n) is 4.37. The number of rotatable bonds is 3. The van der Waals surface area contributed by atoms with Gasteiger partial charge in [0.05, 0.1) is 5.69 Å². The van der Waals surface area contributed by atoms with Gasteiger partial charge in [0, 0.05) is 17.6 Å². The Balaban J connectivity index is 0.00000182. The predicted octanol–water partition coefficient (Wildman–Crippen LogP) is 3.87. The van der Waals surface area contributed by atoms with Crippen LogP contribution in [0.5, 0.6) is 0 Å². The lowest BCUT2D eigenvalue weighted by Gasteiger charge is -2.45. The zero-order valence-electron chi connectivity index (χ0n) is 14.1. The minimum absolute atomic E-state index is 0. The SMILES string of the molecule is Cl.NC1CC2CCCC(C1)C2NC(=O)c1cc(-c2ccccc2)ns1. The summed E-state index contributed by atoms with van der Waals surface area (Å²) in [6.07, 6.45) is 5.73. The third-order valence-electron chi connectivity index (χ3n) is 5.48. The van der Waals surface area contributed by atoms with E-state index in [9.17, 15) is 4.79 Å². The Labute approximate surface area is 158 Å². The number of benzene rings is 1. The summed E-state index contributed by atoms with van der Waals surface area (Å²) in [6, 6.07) is 12.5. The molecule has 0 aliphatic heterocycles. The van der Waals surface area contributed by atoms with Crippen LogP contribution in [-0.2, 0) is 0 Å². The molecule has 0 spiro atoms. The number of amides is 1. The van der Waals surface area contributed by atoms with Gasteiger partial charge in [-0.25, -0.2) is 0 Å². The zero-order valence-corrected chi connectivity index (χ0v) is 15.7. The van der Waals surface area contributed by atoms with E-state index < -0.39 is 0 Å². The monoisotopic (exact) mass is 377 g/mol. The molecule has 0 radical (unpaired) electrons. The normalized spacial score (nSPS) is 28.0. The molecule has 2 saturated carbocycles. The Morgan fingerprint density at radius 1 is 1.16 bits per heavy atom. The lowest BCUT2D eigenvalue weighted by atomic mass is 9.67. The highest BCUT2D eigenvalue weighted by atomic mass is 35.5. The molecule has 2 fully saturated rings. The fraction of sp³-hybridized carbons (Fsp3) is 0.474. The fourth-order valence-corrected chi connectivity index (χ4v) is 5.04. The summed E-state index contributed by atoms with van der Waals surface area (Å²) in [7, 11) is 0. The molecule has 4 rings (SSSR count). The molecule has 3 N–H and O–H groups in total. The third-order valence-corrected chi connectivity index (χ3v) is 6.27. The van der Waals surface area contributed by atoms with E-state index in [4.69, 9.17) is 5.73 Å². The smallest absolute Gasteiger partial charge is 0.263 e. The zero-order chi connectivity index (χ0) is 16.5. The molecule has 4 nitrogen and oxygen atoms in total. The molecule has 2 atom stereocenters. The van der Waals surface area contributed by atoms with Crippen molar-refractivity contribution in [2.45, 2.75) is 44.2 Å². The van der Waals surface area contributed by atoms with Crippen molar-refractivity contribution >= 4 is 29.8 Å². The second-order valence-corrected chi connectivity index (χ2v) is 7.93. The quantitative estimate of drug-likeness (QED) is 0.853. The van der Waals surface area contributed by atoms with Gasteiger partial charge in [0.2, 0.25) is 0 Å². The van der Waals surface area contributed by atoms with E-state index in [-0.39, 0.29) is 24.4 Å². The lowest BCUT2D eigenvalue weighted by Crippen LogP contribution is -2.53. The van der Waals surface area contributed by atoms with Crippen LogP contribution >= 0.6 is 23.9 Å². The van der Waals surface area contributed by atoms with E-state index in [0.717, 1.165) is 24.1 Å². The molecule has 25 heavy (non-hydrogen) atoms. The van der Waals surface area contributed by atoms with Crippen LogP contribution in [0, 0.1) is 11.8 Å². The summed E-state index contributed by atoms with van der Waals surface area (Å²) in [5.41, 5.74) is 8.10. The average molecular weight is 378 g/mol. The summed E-state index contributed by atoms with van der Waals surface area (Å²) >= 11 is 1.28. The van der Waals surface area contributed by atoms with E-state index in [1.165, 1.54) is 30.8 Å². The molecule has 2 aliphatic rings. The van der Waals surface area contributed by atoms with Crippen molar-refractivity contribution < 1.29 is 4.79 Å². The maximum atomic E-state index is 12.7. The van der Waals surface area contributed by atoms with E-state index >= 15 is 0 Å². The van der Waals surface area contributed by atoms with Crippen molar-refractivity contribution in [3.05, 3.63) is 41.3 Å². The molecule has 1 aromatic carbocycles. The van der Waals surface area contributed by atoms with Gasteiger partial charge < -0.3 is 11.1 Å². The first-order valence-corrected chi connectivity index (χ1v) is 9.56. The molecule has 1 aromatic heterocycles. The molecular weight excluding hydrogens is 354 g/mol. The average Bonchev–Trinajstić information content (AvgIpc) is 3.07. The van der Waals surface area contributed by atoms with Crippen LogP contribution in [-0.4, -0.2) is 22.4 Å². The maximum Gasteiger partial charge on any atom is 0.263 e. The van der Waals surface area contributed by atoms with Crippen molar-refractivity contribution in [1.82, 2.24) is 9.69 Å². The van der Waals surface area contributed by atoms with Gasteiger partial charge in [0.15, 0.2) is 0 Å². The van der Waals surface area contributed by atoms with Crippen molar-refractivity contribution in [3.63, 3.8) is 0 Å². The van der Waals surface area contributed by atoms with Crippen molar-refractivity contribution in [1.29, 1.82) is 0 Å². The third kappa shape index (κ3) is 3.89. The topological polar surface area (TPSA) is 68.0 Å². The number of fused-ring (bicyclic) bond motifs is 2. The number of carbonyl (C=O) groups is 1. The van der Waals surface area contributed by atoms with Crippen LogP contribution < -0.4 is 11.1 Å². The van der Waals surface area contributed by atoms with Gasteiger partial charge >= 0.3 is 0 Å². The van der Waals surface area contributed by atoms with E-state index in [1.54, 1.807) is 0 Å². The van der Waals surface area contributed by atoms with Gasteiger partial charge in [0.1, 0.15) is 4.88 Å². The standard InChI is InChI=1S/C19H23N3OS.ClH/c20-15-9-13-7-4-8-14(10-15)18(13)21-19(23)17-11-16(22-24-17)12-5-2-1-3-6-12;/h1-3,5-6,11,13-15,18H,4,7-10,20H2,(H,21,23);1H. The summed E-state index contributed by atoms with van der Waals surface area (Å²) in [5.74, 6) is 1.10. The Hall–Kier alpha value is -1.43. The van der Waals surface area contributed by atoms with Crippen LogP contribution in [0.1, 0.15) is 41.8 Å². The van der Waals surface area contributed by atoms with E-state index in [0.29, 0.717) is 22.8 Å². The first kappa shape index (κ1) is 18.4. The molecular formula is C19H24ClN3OS. The maximum absolute atomic E-state index is 12.7. The predicted molar refractivity (Wildman–Crippen MR) is 104 cm³/mol. The first-order valence-electron chi connectivity index (χ1n) is 8.79. The molecule has 2 aromatic rings. The van der Waals surface area contributed by atoms with Crippen LogP contribution in [0.4, 0.5) is 0 Å². The highest BCUT2D eigenvalue weighted by Gasteiger charge is 2.40. The van der Waals surface area contributed by atoms with Crippen LogP contribution in [0.15, 0.2) is 36.4 Å². The van der Waals surface area contributed by atoms with Crippen molar-refractivity contribution in [2.75, 3.05) is 0 Å². The van der Waals surface area contributed by atoms with E-state index in [1.807, 2.05) is 36.4 Å². The summed E-state index contributed by atoms with van der Waals surface area (Å²) in [4.78, 5) is 13.4. The van der Waals surface area contributed by atoms with Gasteiger partial charge in [-0.05, 0) is 55.1 Å². The van der Waals surface area contributed by atoms with E-state index in [2.05, 4.69) is 9.69 Å². The second-order valence-electron chi connectivity index (χ2n) is 7.12. The number of aromatic nitrogens is 1. The van der Waals surface area contributed by atoms with Gasteiger partial charge in [0.25, 0.3) is 5.91 Å². The van der Waals surface area contributed by atoms with Gasteiger partial charge in [-0.2, -0.15) is 4.37 Å². The second kappa shape index (κ2) is 7.85. The number of hydrogen-bond donors (Lipinski definition) is 2. The number of hydrogen-bond acceptors (Lipinski definition) is 4. The molecule has 1 heterocycles.